The Hall–Kier alpha value is -1.54. The molecule has 4 rings (SSSR count). The van der Waals surface area contributed by atoms with E-state index in [1.807, 2.05) is 0 Å². The summed E-state index contributed by atoms with van der Waals surface area (Å²) in [5, 5.41) is 2.37. The molecule has 3 aliphatic rings. The molecule has 0 unspecified atom stereocenters. The van der Waals surface area contributed by atoms with Crippen LogP contribution in [-0.4, -0.2) is 52.5 Å². The standard InChI is InChI=1S/C19H16Cl4N2O5/c20-7-1-2-10(21)11(3-7)24-12(26)6-30-13(27)5-25-18(28)14-8-4-9(15(14)19(25)29)17(23)16(8)22/h1-3,8-9,14-17H,4-6H2,(H,24,26)/t8-,9-,14-,15-,16+,17+/m1/s1. The first kappa shape index (κ1) is 21.7. The Morgan fingerprint density at radius 1 is 1.07 bits per heavy atom. The number of fused-ring (bicyclic) bond motifs is 5. The number of carbonyl (C=O) groups excluding carboxylic acids is 4. The number of nitrogens with one attached hydrogen (secondary N) is 1. The molecule has 1 aromatic carbocycles. The van der Waals surface area contributed by atoms with Crippen molar-refractivity contribution in [1.29, 1.82) is 0 Å². The Morgan fingerprint density at radius 2 is 1.67 bits per heavy atom. The van der Waals surface area contributed by atoms with Crippen molar-refractivity contribution in [1.82, 2.24) is 4.90 Å². The molecule has 0 radical (unpaired) electrons. The van der Waals surface area contributed by atoms with Gasteiger partial charge in [-0.25, -0.2) is 0 Å². The van der Waals surface area contributed by atoms with Crippen molar-refractivity contribution >= 4 is 75.8 Å². The van der Waals surface area contributed by atoms with Crippen molar-refractivity contribution in [2.75, 3.05) is 18.5 Å². The molecule has 1 N–H and O–H groups in total. The number of amides is 3. The number of hydrogen-bond donors (Lipinski definition) is 1. The van der Waals surface area contributed by atoms with E-state index in [-0.39, 0.29) is 33.3 Å². The molecular weight excluding hydrogens is 478 g/mol. The van der Waals surface area contributed by atoms with Crippen LogP contribution in [0.1, 0.15) is 6.42 Å². The summed E-state index contributed by atoms with van der Waals surface area (Å²) in [4.78, 5) is 50.5. The molecule has 3 amide bonds. The minimum atomic E-state index is -0.874. The third-order valence-electron chi connectivity index (χ3n) is 5.93. The Balaban J connectivity index is 1.32. The minimum Gasteiger partial charge on any atom is -0.454 e. The lowest BCUT2D eigenvalue weighted by atomic mass is 9.80. The topological polar surface area (TPSA) is 92.8 Å². The van der Waals surface area contributed by atoms with Crippen LogP contribution in [0.3, 0.4) is 0 Å². The number of likely N-dealkylation sites (tertiary alicyclic amines) is 1. The second kappa shape index (κ2) is 8.19. The number of hydrogen-bond acceptors (Lipinski definition) is 5. The number of anilines is 1. The summed E-state index contributed by atoms with van der Waals surface area (Å²) in [5.74, 6) is -3.80. The van der Waals surface area contributed by atoms with Crippen LogP contribution in [0.5, 0.6) is 0 Å². The van der Waals surface area contributed by atoms with Crippen LogP contribution in [0.25, 0.3) is 0 Å². The van der Waals surface area contributed by atoms with E-state index in [9.17, 15) is 19.2 Å². The molecule has 7 nitrogen and oxygen atoms in total. The zero-order valence-corrected chi connectivity index (χ0v) is 18.3. The van der Waals surface area contributed by atoms with Gasteiger partial charge < -0.3 is 10.1 Å². The highest BCUT2D eigenvalue weighted by Crippen LogP contribution is 2.59. The smallest absolute Gasteiger partial charge is 0.326 e. The van der Waals surface area contributed by atoms with E-state index in [0.717, 1.165) is 4.90 Å². The van der Waals surface area contributed by atoms with E-state index >= 15 is 0 Å². The van der Waals surface area contributed by atoms with Gasteiger partial charge in [0.25, 0.3) is 5.91 Å². The van der Waals surface area contributed by atoms with E-state index in [0.29, 0.717) is 11.4 Å². The Morgan fingerprint density at radius 3 is 2.27 bits per heavy atom. The first-order valence-electron chi connectivity index (χ1n) is 9.23. The molecular formula is C19H16Cl4N2O5. The van der Waals surface area contributed by atoms with Crippen molar-refractivity contribution in [3.05, 3.63) is 28.2 Å². The third-order valence-corrected chi connectivity index (χ3v) is 7.82. The largest absolute Gasteiger partial charge is 0.454 e. The molecule has 2 saturated carbocycles. The first-order valence-corrected chi connectivity index (χ1v) is 10.9. The number of carbonyl (C=O) groups is 4. The van der Waals surface area contributed by atoms with Gasteiger partial charge in [0.15, 0.2) is 6.61 Å². The summed E-state index contributed by atoms with van der Waals surface area (Å²) >= 11 is 24.4. The van der Waals surface area contributed by atoms with Gasteiger partial charge in [-0.3, -0.25) is 24.1 Å². The second-order valence-electron chi connectivity index (χ2n) is 7.60. The van der Waals surface area contributed by atoms with Crippen LogP contribution in [-0.2, 0) is 23.9 Å². The third kappa shape index (κ3) is 3.66. The van der Waals surface area contributed by atoms with E-state index in [1.165, 1.54) is 12.1 Å². The van der Waals surface area contributed by atoms with Crippen molar-refractivity contribution in [3.8, 4) is 0 Å². The van der Waals surface area contributed by atoms with Gasteiger partial charge >= 0.3 is 5.97 Å². The molecule has 0 aromatic heterocycles. The van der Waals surface area contributed by atoms with E-state index in [2.05, 4.69) is 5.32 Å². The van der Waals surface area contributed by atoms with Crippen molar-refractivity contribution in [3.63, 3.8) is 0 Å². The molecule has 1 aromatic rings. The lowest BCUT2D eigenvalue weighted by Crippen LogP contribution is -2.38. The number of rotatable bonds is 5. The summed E-state index contributed by atoms with van der Waals surface area (Å²) in [6, 6.07) is 4.52. The van der Waals surface area contributed by atoms with Crippen LogP contribution in [0.2, 0.25) is 10.0 Å². The van der Waals surface area contributed by atoms with Gasteiger partial charge in [0.05, 0.1) is 33.3 Å². The average Bonchev–Trinajstić information content (AvgIpc) is 3.30. The SMILES string of the molecule is O=C(COC(=O)CN1C(=O)[C@@H]2[C@H]3C[C@@H]([C@H](Cl)[C@H]3Cl)[C@H]2C1=O)Nc1cc(Cl)ccc1Cl. The predicted molar refractivity (Wildman–Crippen MR) is 111 cm³/mol. The molecule has 1 heterocycles. The molecule has 3 fully saturated rings. The molecule has 160 valence electrons. The number of imide groups is 1. The molecule has 2 aliphatic carbocycles. The van der Waals surface area contributed by atoms with E-state index < -0.39 is 48.7 Å². The van der Waals surface area contributed by atoms with Crippen LogP contribution in [0, 0.1) is 23.7 Å². The number of benzene rings is 1. The lowest BCUT2D eigenvalue weighted by Gasteiger charge is -2.28. The highest BCUT2D eigenvalue weighted by atomic mass is 35.5. The second-order valence-corrected chi connectivity index (χ2v) is 9.45. The zero-order chi connectivity index (χ0) is 21.7. The summed E-state index contributed by atoms with van der Waals surface area (Å²) in [6.45, 7) is -1.17. The van der Waals surface area contributed by atoms with Gasteiger partial charge in [0.1, 0.15) is 6.54 Å². The number of alkyl halides is 2. The Kier molecular flexibility index (Phi) is 5.92. The molecule has 30 heavy (non-hydrogen) atoms. The Labute approximate surface area is 191 Å². The quantitative estimate of drug-likeness (QED) is 0.386. The minimum absolute atomic E-state index is 0.171. The summed E-state index contributed by atoms with van der Waals surface area (Å²) in [6.07, 6.45) is 0.639. The molecule has 1 saturated heterocycles. The maximum absolute atomic E-state index is 12.7. The van der Waals surface area contributed by atoms with Gasteiger partial charge in [-0.15, -0.1) is 23.2 Å². The van der Waals surface area contributed by atoms with Gasteiger partial charge in [-0.1, -0.05) is 23.2 Å². The molecule has 0 spiro atoms. The molecule has 1 aliphatic heterocycles. The lowest BCUT2D eigenvalue weighted by molar-refractivity contribution is -0.154. The van der Waals surface area contributed by atoms with Gasteiger partial charge in [-0.2, -0.15) is 0 Å². The number of nitrogens with zero attached hydrogens (tertiary/aromatic N) is 1. The van der Waals surface area contributed by atoms with Crippen molar-refractivity contribution in [2.45, 2.75) is 17.2 Å². The van der Waals surface area contributed by atoms with Gasteiger partial charge in [-0.05, 0) is 36.5 Å². The molecule has 6 atom stereocenters. The number of halogens is 4. The molecule has 2 bridgehead atoms. The van der Waals surface area contributed by atoms with Crippen molar-refractivity contribution < 1.29 is 23.9 Å². The Bertz CT molecular complexity index is 909. The van der Waals surface area contributed by atoms with Crippen LogP contribution < -0.4 is 5.32 Å². The monoisotopic (exact) mass is 492 g/mol. The number of ether oxygens (including phenoxy) is 1. The fraction of sp³-hybridized carbons (Fsp3) is 0.474. The fourth-order valence-corrected chi connectivity index (χ4v) is 5.90. The predicted octanol–water partition coefficient (Wildman–Crippen LogP) is 2.94. The summed E-state index contributed by atoms with van der Waals surface area (Å²) < 4.78 is 4.91. The maximum atomic E-state index is 12.7. The first-order chi connectivity index (χ1) is 14.2. The van der Waals surface area contributed by atoms with Crippen LogP contribution in [0.4, 0.5) is 5.69 Å². The number of esters is 1. The maximum Gasteiger partial charge on any atom is 0.326 e. The highest BCUT2D eigenvalue weighted by Gasteiger charge is 2.66. The zero-order valence-electron chi connectivity index (χ0n) is 15.3. The van der Waals surface area contributed by atoms with Crippen LogP contribution in [0.15, 0.2) is 18.2 Å². The average molecular weight is 494 g/mol. The van der Waals surface area contributed by atoms with Gasteiger partial charge in [0, 0.05) is 5.02 Å². The van der Waals surface area contributed by atoms with Crippen molar-refractivity contribution in [2.24, 2.45) is 23.7 Å². The normalized spacial score (nSPS) is 31.8. The van der Waals surface area contributed by atoms with E-state index in [1.54, 1.807) is 6.07 Å². The summed E-state index contributed by atoms with van der Waals surface area (Å²) in [7, 11) is 0. The van der Waals surface area contributed by atoms with Gasteiger partial charge in [0.2, 0.25) is 11.8 Å². The van der Waals surface area contributed by atoms with Crippen LogP contribution >= 0.6 is 46.4 Å². The highest BCUT2D eigenvalue weighted by molar-refractivity contribution is 6.35. The molecule has 11 heteroatoms. The fourth-order valence-electron chi connectivity index (χ4n) is 4.67. The van der Waals surface area contributed by atoms with E-state index in [4.69, 9.17) is 51.1 Å². The summed E-state index contributed by atoms with van der Waals surface area (Å²) in [5.41, 5.74) is 0.268.